The number of morpholine rings is 1. The normalized spacial score (nSPS) is 17.9. The number of hydrogen-bond donors (Lipinski definition) is 2. The highest BCUT2D eigenvalue weighted by Gasteiger charge is 2.15. The highest BCUT2D eigenvalue weighted by Crippen LogP contribution is 1.94. The van der Waals surface area contributed by atoms with Gasteiger partial charge in [0.15, 0.2) is 0 Å². The van der Waals surface area contributed by atoms with Gasteiger partial charge in [-0.2, -0.15) is 0 Å². The summed E-state index contributed by atoms with van der Waals surface area (Å²) in [6, 6.07) is -1.00. The summed E-state index contributed by atoms with van der Waals surface area (Å²) in [6.07, 6.45) is 0. The van der Waals surface area contributed by atoms with Gasteiger partial charge in [0.05, 0.1) is 20.3 Å². The summed E-state index contributed by atoms with van der Waals surface area (Å²) < 4.78 is 9.73. The van der Waals surface area contributed by atoms with Crippen LogP contribution in [-0.2, 0) is 14.3 Å². The van der Waals surface area contributed by atoms with Crippen LogP contribution in [0.2, 0.25) is 0 Å². The van der Waals surface area contributed by atoms with Crippen LogP contribution in [0.15, 0.2) is 0 Å². The molecule has 1 aliphatic heterocycles. The van der Waals surface area contributed by atoms with E-state index in [9.17, 15) is 9.59 Å². The van der Waals surface area contributed by atoms with E-state index in [-0.39, 0.29) is 6.03 Å². The predicted molar refractivity (Wildman–Crippen MR) is 65.3 cm³/mol. The largest absolute Gasteiger partial charge is 0.467 e. The lowest BCUT2D eigenvalue weighted by molar-refractivity contribution is -0.142. The molecule has 1 rings (SSSR count). The molecule has 0 saturated carbocycles. The van der Waals surface area contributed by atoms with E-state index in [1.165, 1.54) is 7.11 Å². The third kappa shape index (κ3) is 5.33. The Kier molecular flexibility index (Phi) is 6.45. The van der Waals surface area contributed by atoms with E-state index < -0.39 is 12.0 Å². The zero-order chi connectivity index (χ0) is 13.4. The van der Waals surface area contributed by atoms with Gasteiger partial charge in [0.1, 0.15) is 6.04 Å². The minimum atomic E-state index is -0.640. The number of amides is 2. The Hall–Kier alpha value is -1.34. The maximum atomic E-state index is 11.4. The lowest BCUT2D eigenvalue weighted by Crippen LogP contribution is -2.47. The minimum Gasteiger partial charge on any atom is -0.467 e. The molecule has 18 heavy (non-hydrogen) atoms. The highest BCUT2D eigenvalue weighted by molar-refractivity contribution is 5.83. The maximum Gasteiger partial charge on any atom is 0.328 e. The van der Waals surface area contributed by atoms with Crippen LogP contribution < -0.4 is 10.6 Å². The van der Waals surface area contributed by atoms with Crippen LogP contribution in [0, 0.1) is 0 Å². The van der Waals surface area contributed by atoms with Crippen molar-refractivity contribution in [2.24, 2.45) is 0 Å². The first-order valence-corrected chi connectivity index (χ1v) is 6.05. The van der Waals surface area contributed by atoms with Crippen LogP contribution in [0.1, 0.15) is 6.92 Å². The van der Waals surface area contributed by atoms with Gasteiger partial charge in [0.25, 0.3) is 0 Å². The van der Waals surface area contributed by atoms with Crippen molar-refractivity contribution in [3.63, 3.8) is 0 Å². The van der Waals surface area contributed by atoms with Crippen molar-refractivity contribution in [3.8, 4) is 0 Å². The fraction of sp³-hybridized carbons (Fsp3) is 0.818. The van der Waals surface area contributed by atoms with Crippen LogP contribution in [0.25, 0.3) is 0 Å². The van der Waals surface area contributed by atoms with E-state index in [1.54, 1.807) is 6.92 Å². The summed E-state index contributed by atoms with van der Waals surface area (Å²) in [7, 11) is 1.29. The molecule has 1 saturated heterocycles. The van der Waals surface area contributed by atoms with Gasteiger partial charge in [0.2, 0.25) is 0 Å². The number of hydrogen-bond acceptors (Lipinski definition) is 5. The van der Waals surface area contributed by atoms with Crippen LogP contribution in [0.3, 0.4) is 0 Å². The third-order valence-corrected chi connectivity index (χ3v) is 2.72. The topological polar surface area (TPSA) is 79.9 Å². The lowest BCUT2D eigenvalue weighted by atomic mass is 10.3. The molecule has 1 unspecified atom stereocenters. The van der Waals surface area contributed by atoms with Crippen molar-refractivity contribution in [1.29, 1.82) is 0 Å². The summed E-state index contributed by atoms with van der Waals surface area (Å²) in [5, 5.41) is 5.20. The van der Waals surface area contributed by atoms with Crippen LogP contribution in [-0.4, -0.2) is 69.4 Å². The monoisotopic (exact) mass is 259 g/mol. The van der Waals surface area contributed by atoms with Gasteiger partial charge >= 0.3 is 12.0 Å². The van der Waals surface area contributed by atoms with Crippen LogP contribution >= 0.6 is 0 Å². The summed E-state index contributed by atoms with van der Waals surface area (Å²) in [5.74, 6) is -0.460. The molecule has 0 aromatic heterocycles. The van der Waals surface area contributed by atoms with E-state index in [0.717, 1.165) is 32.8 Å². The first kappa shape index (κ1) is 14.7. The van der Waals surface area contributed by atoms with E-state index >= 15 is 0 Å². The summed E-state index contributed by atoms with van der Waals surface area (Å²) >= 11 is 0. The lowest BCUT2D eigenvalue weighted by Gasteiger charge is -2.26. The summed E-state index contributed by atoms with van der Waals surface area (Å²) in [5.41, 5.74) is 0. The number of ether oxygens (including phenoxy) is 2. The molecular formula is C11H21N3O4. The second-order valence-electron chi connectivity index (χ2n) is 4.10. The number of urea groups is 1. The van der Waals surface area contributed by atoms with Crippen molar-refractivity contribution >= 4 is 12.0 Å². The molecule has 7 heteroatoms. The van der Waals surface area contributed by atoms with Gasteiger partial charge in [-0.3, -0.25) is 4.90 Å². The van der Waals surface area contributed by atoms with Crippen molar-refractivity contribution in [2.45, 2.75) is 13.0 Å². The number of carbonyl (C=O) groups excluding carboxylic acids is 2. The number of rotatable bonds is 5. The number of esters is 1. The van der Waals surface area contributed by atoms with Crippen LogP contribution in [0.4, 0.5) is 4.79 Å². The zero-order valence-corrected chi connectivity index (χ0v) is 10.9. The van der Waals surface area contributed by atoms with Gasteiger partial charge in [0, 0.05) is 26.2 Å². The van der Waals surface area contributed by atoms with Gasteiger partial charge < -0.3 is 20.1 Å². The van der Waals surface area contributed by atoms with Crippen molar-refractivity contribution < 1.29 is 19.1 Å². The second kappa shape index (κ2) is 7.88. The first-order valence-electron chi connectivity index (χ1n) is 6.05. The molecule has 1 heterocycles. The van der Waals surface area contributed by atoms with Crippen molar-refractivity contribution in [3.05, 3.63) is 0 Å². The van der Waals surface area contributed by atoms with Crippen LogP contribution in [0.5, 0.6) is 0 Å². The average molecular weight is 259 g/mol. The number of methoxy groups -OCH3 is 1. The van der Waals surface area contributed by atoms with Gasteiger partial charge in [-0.25, -0.2) is 9.59 Å². The Morgan fingerprint density at radius 3 is 2.67 bits per heavy atom. The first-order chi connectivity index (χ1) is 8.63. The summed E-state index contributed by atoms with van der Waals surface area (Å²) in [6.45, 7) is 6.16. The SMILES string of the molecule is COC(=O)C(C)NC(=O)NCCN1CCOCC1. The van der Waals surface area contributed by atoms with Gasteiger partial charge in [-0.1, -0.05) is 0 Å². The Morgan fingerprint density at radius 2 is 2.06 bits per heavy atom. The molecule has 0 spiro atoms. The molecule has 0 aliphatic carbocycles. The standard InChI is InChI=1S/C11H21N3O4/c1-9(10(15)17-2)13-11(16)12-3-4-14-5-7-18-8-6-14/h9H,3-8H2,1-2H3,(H2,12,13,16). The molecule has 2 N–H and O–H groups in total. The maximum absolute atomic E-state index is 11.4. The molecule has 1 fully saturated rings. The highest BCUT2D eigenvalue weighted by atomic mass is 16.5. The molecule has 0 radical (unpaired) electrons. The molecular weight excluding hydrogens is 238 g/mol. The van der Waals surface area contributed by atoms with Gasteiger partial charge in [-0.15, -0.1) is 0 Å². The number of nitrogens with zero attached hydrogens (tertiary/aromatic N) is 1. The minimum absolute atomic E-state index is 0.360. The molecule has 1 aliphatic rings. The fourth-order valence-electron chi connectivity index (χ4n) is 1.64. The molecule has 0 aromatic rings. The second-order valence-corrected chi connectivity index (χ2v) is 4.10. The molecule has 0 bridgehead atoms. The Bertz CT molecular complexity index is 279. The Morgan fingerprint density at radius 1 is 1.39 bits per heavy atom. The quantitative estimate of drug-likeness (QED) is 0.631. The molecule has 2 amide bonds. The van der Waals surface area contributed by atoms with Crippen molar-refractivity contribution in [1.82, 2.24) is 15.5 Å². The molecule has 0 aromatic carbocycles. The number of carbonyl (C=O) groups is 2. The predicted octanol–water partition coefficient (Wildman–Crippen LogP) is -0.821. The van der Waals surface area contributed by atoms with E-state index in [2.05, 4.69) is 20.3 Å². The van der Waals surface area contributed by atoms with E-state index in [1.807, 2.05) is 0 Å². The zero-order valence-electron chi connectivity index (χ0n) is 10.9. The third-order valence-electron chi connectivity index (χ3n) is 2.72. The Labute approximate surface area is 107 Å². The molecule has 104 valence electrons. The van der Waals surface area contributed by atoms with E-state index in [0.29, 0.717) is 6.54 Å². The molecule has 7 nitrogen and oxygen atoms in total. The van der Waals surface area contributed by atoms with Gasteiger partial charge in [-0.05, 0) is 6.92 Å². The van der Waals surface area contributed by atoms with Crippen molar-refractivity contribution in [2.75, 3.05) is 46.5 Å². The average Bonchev–Trinajstić information content (AvgIpc) is 2.38. The fourth-order valence-corrected chi connectivity index (χ4v) is 1.64. The van der Waals surface area contributed by atoms with E-state index in [4.69, 9.17) is 4.74 Å². The summed E-state index contributed by atoms with van der Waals surface area (Å²) in [4.78, 5) is 24.7. The number of nitrogens with one attached hydrogen (secondary N) is 2. The molecule has 1 atom stereocenters. The smallest absolute Gasteiger partial charge is 0.328 e. The Balaban J connectivity index is 2.11.